The molecule has 4 fully saturated rings. The number of aromatic nitrogens is 1. The SMILES string of the molecule is OC(c1cccnc1)C1C2CC3CC(C2)CC1C3. The first-order valence-electron chi connectivity index (χ1n) is 7.39. The first-order valence-corrected chi connectivity index (χ1v) is 7.39. The number of pyridine rings is 1. The van der Waals surface area contributed by atoms with Crippen LogP contribution in [0.25, 0.3) is 0 Å². The first kappa shape index (κ1) is 11.0. The van der Waals surface area contributed by atoms with E-state index >= 15 is 0 Å². The molecule has 0 spiro atoms. The van der Waals surface area contributed by atoms with E-state index in [1.165, 1.54) is 32.1 Å². The topological polar surface area (TPSA) is 33.1 Å². The highest BCUT2D eigenvalue weighted by atomic mass is 16.3. The second-order valence-electron chi connectivity index (χ2n) is 6.74. The molecule has 4 aliphatic rings. The summed E-state index contributed by atoms with van der Waals surface area (Å²) >= 11 is 0. The fraction of sp³-hybridized carbons (Fsp3) is 0.688. The Hall–Kier alpha value is -0.890. The lowest BCUT2D eigenvalue weighted by molar-refractivity contribution is -0.0908. The number of aliphatic hydroxyl groups excluding tert-OH is 1. The van der Waals surface area contributed by atoms with Gasteiger partial charge in [0.2, 0.25) is 0 Å². The van der Waals surface area contributed by atoms with E-state index in [4.69, 9.17) is 0 Å². The number of hydrogen-bond donors (Lipinski definition) is 1. The maximum Gasteiger partial charge on any atom is 0.0838 e. The molecule has 5 rings (SSSR count). The van der Waals surface area contributed by atoms with Crippen molar-refractivity contribution in [3.8, 4) is 0 Å². The van der Waals surface area contributed by atoms with E-state index in [0.29, 0.717) is 5.92 Å². The largest absolute Gasteiger partial charge is 0.388 e. The van der Waals surface area contributed by atoms with Crippen molar-refractivity contribution in [2.45, 2.75) is 38.2 Å². The third kappa shape index (κ3) is 1.62. The third-order valence-corrected chi connectivity index (χ3v) is 5.69. The van der Waals surface area contributed by atoms with Gasteiger partial charge in [0.05, 0.1) is 6.10 Å². The molecule has 4 aliphatic carbocycles. The number of nitrogens with zero attached hydrogens (tertiary/aromatic N) is 1. The van der Waals surface area contributed by atoms with Crippen LogP contribution in [0.4, 0.5) is 0 Å². The summed E-state index contributed by atoms with van der Waals surface area (Å²) in [5.41, 5.74) is 1.02. The summed E-state index contributed by atoms with van der Waals surface area (Å²) in [5, 5.41) is 10.7. The van der Waals surface area contributed by atoms with E-state index in [0.717, 1.165) is 29.2 Å². The molecule has 0 aliphatic heterocycles. The molecule has 1 unspecified atom stereocenters. The Kier molecular flexibility index (Phi) is 2.47. The van der Waals surface area contributed by atoms with Gasteiger partial charge >= 0.3 is 0 Å². The average Bonchev–Trinajstić information content (AvgIpc) is 2.38. The molecule has 1 atom stereocenters. The van der Waals surface area contributed by atoms with Gasteiger partial charge in [-0.2, -0.15) is 0 Å². The van der Waals surface area contributed by atoms with Crippen molar-refractivity contribution in [3.63, 3.8) is 0 Å². The fourth-order valence-electron chi connectivity index (χ4n) is 5.26. The maximum atomic E-state index is 10.7. The van der Waals surface area contributed by atoms with Gasteiger partial charge in [-0.1, -0.05) is 6.07 Å². The lowest BCUT2D eigenvalue weighted by Crippen LogP contribution is -2.47. The maximum absolute atomic E-state index is 10.7. The van der Waals surface area contributed by atoms with Crippen molar-refractivity contribution in [2.75, 3.05) is 0 Å². The molecule has 0 radical (unpaired) electrons. The molecular weight excluding hydrogens is 222 g/mol. The summed E-state index contributed by atoms with van der Waals surface area (Å²) in [6, 6.07) is 3.97. The summed E-state index contributed by atoms with van der Waals surface area (Å²) < 4.78 is 0. The molecule has 2 nitrogen and oxygen atoms in total. The molecule has 1 heterocycles. The van der Waals surface area contributed by atoms with Gasteiger partial charge in [-0.25, -0.2) is 0 Å². The van der Waals surface area contributed by atoms with Crippen LogP contribution in [-0.4, -0.2) is 10.1 Å². The van der Waals surface area contributed by atoms with Gasteiger partial charge in [0.1, 0.15) is 0 Å². The van der Waals surface area contributed by atoms with E-state index in [9.17, 15) is 5.11 Å². The van der Waals surface area contributed by atoms with Gasteiger partial charge in [0, 0.05) is 12.4 Å². The van der Waals surface area contributed by atoms with Crippen molar-refractivity contribution < 1.29 is 5.11 Å². The summed E-state index contributed by atoms with van der Waals surface area (Å²) in [7, 11) is 0. The van der Waals surface area contributed by atoms with Crippen LogP contribution in [0.1, 0.15) is 43.8 Å². The monoisotopic (exact) mass is 243 g/mol. The summed E-state index contributed by atoms with van der Waals surface area (Å²) in [5.74, 6) is 4.00. The van der Waals surface area contributed by atoms with Crippen molar-refractivity contribution in [3.05, 3.63) is 30.1 Å². The zero-order valence-electron chi connectivity index (χ0n) is 10.7. The normalized spacial score (nSPS) is 43.1. The molecule has 18 heavy (non-hydrogen) atoms. The lowest BCUT2D eigenvalue weighted by atomic mass is 9.50. The molecule has 1 N–H and O–H groups in total. The summed E-state index contributed by atoms with van der Waals surface area (Å²) in [4.78, 5) is 4.16. The van der Waals surface area contributed by atoms with Crippen molar-refractivity contribution >= 4 is 0 Å². The van der Waals surface area contributed by atoms with E-state index in [-0.39, 0.29) is 6.10 Å². The second kappa shape index (κ2) is 4.06. The van der Waals surface area contributed by atoms with E-state index in [1.807, 2.05) is 18.3 Å². The van der Waals surface area contributed by atoms with Crippen LogP contribution in [0.15, 0.2) is 24.5 Å². The average molecular weight is 243 g/mol. The van der Waals surface area contributed by atoms with Gasteiger partial charge in [-0.05, 0) is 73.3 Å². The lowest BCUT2D eigenvalue weighted by Gasteiger charge is -2.55. The molecule has 96 valence electrons. The highest BCUT2D eigenvalue weighted by Gasteiger charge is 2.50. The molecule has 4 bridgehead atoms. The van der Waals surface area contributed by atoms with Gasteiger partial charge in [-0.3, -0.25) is 4.98 Å². The molecular formula is C16H21NO. The van der Waals surface area contributed by atoms with Crippen LogP contribution in [0.3, 0.4) is 0 Å². The van der Waals surface area contributed by atoms with Crippen molar-refractivity contribution in [1.29, 1.82) is 0 Å². The Balaban J connectivity index is 1.61. The first-order chi connectivity index (χ1) is 8.81. The van der Waals surface area contributed by atoms with Crippen molar-refractivity contribution in [1.82, 2.24) is 4.98 Å². The zero-order chi connectivity index (χ0) is 12.1. The minimum absolute atomic E-state index is 0.284. The van der Waals surface area contributed by atoms with Gasteiger partial charge < -0.3 is 5.11 Å². The summed E-state index contributed by atoms with van der Waals surface area (Å²) in [6.07, 6.45) is 10.3. The third-order valence-electron chi connectivity index (χ3n) is 5.69. The molecule has 0 amide bonds. The standard InChI is InChI=1S/C16H21NO/c18-16(12-2-1-3-17-9-12)15-13-5-10-4-11(7-13)8-14(15)6-10/h1-3,9-11,13-16,18H,4-8H2. The molecule has 0 saturated heterocycles. The molecule has 1 aromatic rings. The molecule has 0 aromatic carbocycles. The van der Waals surface area contributed by atoms with Gasteiger partial charge in [0.15, 0.2) is 0 Å². The quantitative estimate of drug-likeness (QED) is 0.865. The fourth-order valence-corrected chi connectivity index (χ4v) is 5.26. The Morgan fingerprint density at radius 2 is 1.72 bits per heavy atom. The highest BCUT2D eigenvalue weighted by Crippen LogP contribution is 2.59. The van der Waals surface area contributed by atoms with Crippen LogP contribution >= 0.6 is 0 Å². The Morgan fingerprint density at radius 1 is 1.06 bits per heavy atom. The smallest absolute Gasteiger partial charge is 0.0838 e. The van der Waals surface area contributed by atoms with E-state index in [2.05, 4.69) is 4.98 Å². The highest BCUT2D eigenvalue weighted by molar-refractivity contribution is 5.15. The number of hydrogen-bond acceptors (Lipinski definition) is 2. The molecule has 4 saturated carbocycles. The van der Waals surface area contributed by atoms with Crippen molar-refractivity contribution in [2.24, 2.45) is 29.6 Å². The zero-order valence-corrected chi connectivity index (χ0v) is 10.7. The Morgan fingerprint density at radius 3 is 2.28 bits per heavy atom. The van der Waals surface area contributed by atoms with Gasteiger partial charge in [0.25, 0.3) is 0 Å². The summed E-state index contributed by atoms with van der Waals surface area (Å²) in [6.45, 7) is 0. The Labute approximate surface area is 108 Å². The molecule has 2 heteroatoms. The van der Waals surface area contributed by atoms with Crippen LogP contribution in [0.2, 0.25) is 0 Å². The van der Waals surface area contributed by atoms with Crippen LogP contribution < -0.4 is 0 Å². The number of rotatable bonds is 2. The van der Waals surface area contributed by atoms with Crippen LogP contribution in [-0.2, 0) is 0 Å². The predicted octanol–water partition coefficient (Wildman–Crippen LogP) is 3.19. The van der Waals surface area contributed by atoms with Crippen LogP contribution in [0, 0.1) is 29.6 Å². The second-order valence-corrected chi connectivity index (χ2v) is 6.74. The van der Waals surface area contributed by atoms with E-state index in [1.54, 1.807) is 6.20 Å². The van der Waals surface area contributed by atoms with Crippen LogP contribution in [0.5, 0.6) is 0 Å². The van der Waals surface area contributed by atoms with Gasteiger partial charge in [-0.15, -0.1) is 0 Å². The Bertz CT molecular complexity index is 402. The minimum Gasteiger partial charge on any atom is -0.388 e. The molecule has 1 aromatic heterocycles. The predicted molar refractivity (Wildman–Crippen MR) is 69.7 cm³/mol. The minimum atomic E-state index is -0.284. The van der Waals surface area contributed by atoms with E-state index < -0.39 is 0 Å². The number of aliphatic hydroxyl groups is 1.